The number of nitrogen functional groups attached to an aromatic ring is 1. The fraction of sp³-hybridized carbons (Fsp3) is 0.250. The smallest absolute Gasteiger partial charge is 0.125 e. The van der Waals surface area contributed by atoms with Gasteiger partial charge in [0, 0.05) is 10.0 Å². The normalized spacial score (nSPS) is 10.7. The second kappa shape index (κ2) is 5.33. The third kappa shape index (κ3) is 2.68. The van der Waals surface area contributed by atoms with Crippen LogP contribution in [0.15, 0.2) is 34.9 Å². The molecule has 0 fully saturated rings. The molecular weight excluding hydrogens is 280 g/mol. The van der Waals surface area contributed by atoms with Crippen molar-refractivity contribution in [3.8, 4) is 0 Å². The molecule has 0 saturated heterocycles. The molecule has 1 aromatic heterocycles. The number of hydrogen-bond acceptors (Lipinski definition) is 3. The Morgan fingerprint density at radius 2 is 2.00 bits per heavy atom. The Morgan fingerprint density at radius 3 is 2.71 bits per heavy atom. The van der Waals surface area contributed by atoms with Crippen molar-refractivity contribution in [3.63, 3.8) is 0 Å². The van der Waals surface area contributed by atoms with Crippen molar-refractivity contribution in [1.29, 1.82) is 0 Å². The predicted molar refractivity (Wildman–Crippen MR) is 72.6 cm³/mol. The first-order chi connectivity index (χ1) is 8.22. The van der Waals surface area contributed by atoms with Gasteiger partial charge in [0.1, 0.15) is 5.82 Å². The van der Waals surface area contributed by atoms with Crippen LogP contribution in [0.2, 0.25) is 0 Å². The highest BCUT2D eigenvalue weighted by molar-refractivity contribution is 9.10. The lowest BCUT2D eigenvalue weighted by Crippen LogP contribution is -2.09. The number of anilines is 1. The molecule has 0 aliphatic rings. The molecule has 0 amide bonds. The van der Waals surface area contributed by atoms with Crippen LogP contribution in [0.25, 0.3) is 0 Å². The maximum atomic E-state index is 6.02. The SMILES string of the molecule is NCCc1cnn(Cc2ccccc2Br)c1N. The van der Waals surface area contributed by atoms with Crippen molar-refractivity contribution >= 4 is 21.7 Å². The van der Waals surface area contributed by atoms with Crippen LogP contribution in [0, 0.1) is 0 Å². The fourth-order valence-electron chi connectivity index (χ4n) is 1.70. The minimum absolute atomic E-state index is 0.588. The first-order valence-corrected chi connectivity index (χ1v) is 6.25. The van der Waals surface area contributed by atoms with Crippen molar-refractivity contribution in [2.24, 2.45) is 5.73 Å². The molecule has 2 rings (SSSR count). The zero-order chi connectivity index (χ0) is 12.3. The summed E-state index contributed by atoms with van der Waals surface area (Å²) in [5.41, 5.74) is 13.7. The van der Waals surface area contributed by atoms with E-state index in [2.05, 4.69) is 21.0 Å². The van der Waals surface area contributed by atoms with Crippen LogP contribution < -0.4 is 11.5 Å². The third-order valence-corrected chi connectivity index (χ3v) is 3.43. The molecule has 1 heterocycles. The molecule has 0 aliphatic heterocycles. The van der Waals surface area contributed by atoms with Crippen molar-refractivity contribution in [2.75, 3.05) is 12.3 Å². The van der Waals surface area contributed by atoms with Crippen molar-refractivity contribution in [1.82, 2.24) is 9.78 Å². The average molecular weight is 295 g/mol. The van der Waals surface area contributed by atoms with Crippen LogP contribution >= 0.6 is 15.9 Å². The number of nitrogens with zero attached hydrogens (tertiary/aromatic N) is 2. The zero-order valence-corrected chi connectivity index (χ0v) is 11.0. The second-order valence-corrected chi connectivity index (χ2v) is 4.70. The van der Waals surface area contributed by atoms with Crippen LogP contribution in [0.1, 0.15) is 11.1 Å². The van der Waals surface area contributed by atoms with Crippen LogP contribution in [0.5, 0.6) is 0 Å². The van der Waals surface area contributed by atoms with Gasteiger partial charge in [-0.05, 0) is 24.6 Å². The molecule has 4 N–H and O–H groups in total. The largest absolute Gasteiger partial charge is 0.384 e. The maximum absolute atomic E-state index is 6.02. The Balaban J connectivity index is 2.22. The molecule has 90 valence electrons. The molecule has 1 aromatic carbocycles. The van der Waals surface area contributed by atoms with E-state index >= 15 is 0 Å². The zero-order valence-electron chi connectivity index (χ0n) is 9.44. The van der Waals surface area contributed by atoms with E-state index in [1.54, 1.807) is 10.9 Å². The van der Waals surface area contributed by atoms with E-state index in [1.807, 2.05) is 24.3 Å². The summed E-state index contributed by atoms with van der Waals surface area (Å²) >= 11 is 3.51. The first-order valence-electron chi connectivity index (χ1n) is 5.46. The molecule has 17 heavy (non-hydrogen) atoms. The van der Waals surface area contributed by atoms with E-state index < -0.39 is 0 Å². The van der Waals surface area contributed by atoms with Gasteiger partial charge in [-0.1, -0.05) is 34.1 Å². The minimum atomic E-state index is 0.588. The molecule has 0 bridgehead atoms. The van der Waals surface area contributed by atoms with Crippen molar-refractivity contribution in [2.45, 2.75) is 13.0 Å². The van der Waals surface area contributed by atoms with Gasteiger partial charge in [-0.15, -0.1) is 0 Å². The molecule has 0 aliphatic carbocycles. The van der Waals surface area contributed by atoms with Gasteiger partial charge in [-0.3, -0.25) is 0 Å². The molecule has 5 heteroatoms. The van der Waals surface area contributed by atoms with Gasteiger partial charge in [0.2, 0.25) is 0 Å². The highest BCUT2D eigenvalue weighted by Crippen LogP contribution is 2.19. The Labute approximate surface area is 109 Å². The summed E-state index contributed by atoms with van der Waals surface area (Å²) in [6, 6.07) is 8.05. The Morgan fingerprint density at radius 1 is 1.24 bits per heavy atom. The number of rotatable bonds is 4. The molecule has 0 radical (unpaired) electrons. The molecule has 0 unspecified atom stereocenters. The van der Waals surface area contributed by atoms with Crippen LogP contribution in [-0.2, 0) is 13.0 Å². The molecule has 0 spiro atoms. The van der Waals surface area contributed by atoms with Crippen molar-refractivity contribution in [3.05, 3.63) is 46.1 Å². The summed E-state index contributed by atoms with van der Waals surface area (Å²) in [5, 5.41) is 4.29. The second-order valence-electron chi connectivity index (χ2n) is 3.84. The van der Waals surface area contributed by atoms with Gasteiger partial charge >= 0.3 is 0 Å². The first kappa shape index (κ1) is 12.1. The maximum Gasteiger partial charge on any atom is 0.125 e. The van der Waals surface area contributed by atoms with E-state index in [1.165, 1.54) is 0 Å². The van der Waals surface area contributed by atoms with Crippen LogP contribution in [0.4, 0.5) is 5.82 Å². The van der Waals surface area contributed by atoms with E-state index in [9.17, 15) is 0 Å². The van der Waals surface area contributed by atoms with Gasteiger partial charge in [0.15, 0.2) is 0 Å². The summed E-state index contributed by atoms with van der Waals surface area (Å²) in [7, 11) is 0. The number of halogens is 1. The van der Waals surface area contributed by atoms with E-state index in [-0.39, 0.29) is 0 Å². The van der Waals surface area contributed by atoms with Gasteiger partial charge < -0.3 is 11.5 Å². The van der Waals surface area contributed by atoms with Crippen LogP contribution in [-0.4, -0.2) is 16.3 Å². The summed E-state index contributed by atoms with van der Waals surface area (Å²) in [6.45, 7) is 1.25. The summed E-state index contributed by atoms with van der Waals surface area (Å²) in [4.78, 5) is 0. The fourth-order valence-corrected chi connectivity index (χ4v) is 2.11. The molecule has 0 atom stereocenters. The predicted octanol–water partition coefficient (Wildman–Crippen LogP) is 1.78. The van der Waals surface area contributed by atoms with Crippen LogP contribution in [0.3, 0.4) is 0 Å². The topological polar surface area (TPSA) is 69.9 Å². The van der Waals surface area contributed by atoms with E-state index in [0.717, 1.165) is 22.0 Å². The van der Waals surface area contributed by atoms with Gasteiger partial charge in [0.05, 0.1) is 12.7 Å². The highest BCUT2D eigenvalue weighted by Gasteiger charge is 2.08. The summed E-state index contributed by atoms with van der Waals surface area (Å²) < 4.78 is 2.86. The van der Waals surface area contributed by atoms with Gasteiger partial charge in [-0.2, -0.15) is 5.10 Å². The quantitative estimate of drug-likeness (QED) is 0.903. The van der Waals surface area contributed by atoms with E-state index in [0.29, 0.717) is 18.9 Å². The summed E-state index contributed by atoms with van der Waals surface area (Å²) in [6.07, 6.45) is 2.56. The lowest BCUT2D eigenvalue weighted by molar-refractivity contribution is 0.695. The lowest BCUT2D eigenvalue weighted by atomic mass is 10.2. The molecule has 2 aromatic rings. The average Bonchev–Trinajstić information content (AvgIpc) is 2.65. The number of nitrogens with two attached hydrogens (primary N) is 2. The Bertz CT molecular complexity index is 507. The van der Waals surface area contributed by atoms with Gasteiger partial charge in [0.25, 0.3) is 0 Å². The summed E-state index contributed by atoms with van der Waals surface area (Å²) in [5.74, 6) is 0.700. The Hall–Kier alpha value is -1.33. The number of hydrogen-bond donors (Lipinski definition) is 2. The monoisotopic (exact) mass is 294 g/mol. The van der Waals surface area contributed by atoms with Gasteiger partial charge in [-0.25, -0.2) is 4.68 Å². The molecular formula is C12H15BrN4. The third-order valence-electron chi connectivity index (χ3n) is 2.65. The molecule has 4 nitrogen and oxygen atoms in total. The van der Waals surface area contributed by atoms with E-state index in [4.69, 9.17) is 11.5 Å². The number of aromatic nitrogens is 2. The van der Waals surface area contributed by atoms with Crippen molar-refractivity contribution < 1.29 is 0 Å². The Kier molecular flexibility index (Phi) is 3.81. The lowest BCUT2D eigenvalue weighted by Gasteiger charge is -2.07. The molecule has 0 saturated carbocycles. The standard InChI is InChI=1S/C12H15BrN4/c13-11-4-2-1-3-10(11)8-17-12(15)9(5-6-14)7-16-17/h1-4,7H,5-6,8,14-15H2. The highest BCUT2D eigenvalue weighted by atomic mass is 79.9. The minimum Gasteiger partial charge on any atom is -0.384 e. The number of benzene rings is 1.